The Hall–Kier alpha value is -2.27. The van der Waals surface area contributed by atoms with Crippen molar-refractivity contribution in [2.45, 2.75) is 38.6 Å². The number of unbranched alkanes of at least 4 members (excludes halogenated alkanes) is 1. The highest BCUT2D eigenvalue weighted by molar-refractivity contribution is 9.10. The van der Waals surface area contributed by atoms with Crippen molar-refractivity contribution in [3.63, 3.8) is 0 Å². The number of benzene rings is 2. The van der Waals surface area contributed by atoms with E-state index in [4.69, 9.17) is 21.6 Å². The number of carbonyl (C=O) groups excluding carboxylic acids is 1. The monoisotopic (exact) mass is 517 g/mol. The van der Waals surface area contributed by atoms with Crippen LogP contribution in [0.1, 0.15) is 47.2 Å². The molecule has 0 amide bonds. The molecule has 0 aliphatic heterocycles. The number of rotatable bonds is 10. The minimum Gasteiger partial charge on any atom is -0.373 e. The van der Waals surface area contributed by atoms with E-state index < -0.39 is 5.82 Å². The molecule has 0 bridgehead atoms. The van der Waals surface area contributed by atoms with Crippen molar-refractivity contribution in [1.29, 1.82) is 5.26 Å². The largest absolute Gasteiger partial charge is 0.373 e. The van der Waals surface area contributed by atoms with E-state index in [9.17, 15) is 4.79 Å². The van der Waals surface area contributed by atoms with Gasteiger partial charge in [0.05, 0.1) is 24.5 Å². The van der Waals surface area contributed by atoms with Crippen molar-refractivity contribution in [2.75, 3.05) is 13.2 Å². The number of nitriles is 1. The highest BCUT2D eigenvalue weighted by Gasteiger charge is 2.24. The standard InChI is InChI=1S/C24H22BrClFN3O2/c25-17-6-5-16(20(26)10-17)9-19-18(22(31)13-32-12-15-3-4-15)11-21-24(23(19)27)29-14-30(21)8-2-1-7-28/h5-6,10-11,14-15H,1-4,8-9,12-13H2. The van der Waals surface area contributed by atoms with Crippen LogP contribution in [0.15, 0.2) is 35.1 Å². The topological polar surface area (TPSA) is 67.9 Å². The number of halogens is 3. The number of ketones is 1. The van der Waals surface area contributed by atoms with Gasteiger partial charge < -0.3 is 9.30 Å². The van der Waals surface area contributed by atoms with Gasteiger partial charge in [0.25, 0.3) is 0 Å². The fraction of sp³-hybridized carbons (Fsp3) is 0.375. The highest BCUT2D eigenvalue weighted by Crippen LogP contribution is 2.31. The van der Waals surface area contributed by atoms with Gasteiger partial charge in [0.15, 0.2) is 11.6 Å². The SMILES string of the molecule is N#CCCCn1cnc2c(F)c(Cc3ccc(Br)cc3Cl)c(C(=O)COCC3CC3)cc21. The zero-order valence-electron chi connectivity index (χ0n) is 17.4. The third-order valence-corrected chi connectivity index (χ3v) is 6.46. The summed E-state index contributed by atoms with van der Waals surface area (Å²) < 4.78 is 23.9. The van der Waals surface area contributed by atoms with Gasteiger partial charge in [-0.1, -0.05) is 33.6 Å². The Labute approximate surface area is 199 Å². The second-order valence-electron chi connectivity index (χ2n) is 8.08. The number of carbonyl (C=O) groups is 1. The molecule has 0 atom stereocenters. The predicted octanol–water partition coefficient (Wildman–Crippen LogP) is 6.10. The van der Waals surface area contributed by atoms with Gasteiger partial charge in [-0.2, -0.15) is 5.26 Å². The lowest BCUT2D eigenvalue weighted by molar-refractivity contribution is 0.0738. The molecule has 0 spiro atoms. The molecular weight excluding hydrogens is 497 g/mol. The summed E-state index contributed by atoms with van der Waals surface area (Å²) in [7, 11) is 0. The number of aromatic nitrogens is 2. The molecule has 0 unspecified atom stereocenters. The van der Waals surface area contributed by atoms with E-state index >= 15 is 4.39 Å². The zero-order chi connectivity index (χ0) is 22.7. The molecule has 166 valence electrons. The van der Waals surface area contributed by atoms with E-state index in [2.05, 4.69) is 27.0 Å². The first-order valence-electron chi connectivity index (χ1n) is 10.6. The maximum Gasteiger partial charge on any atom is 0.188 e. The molecular formula is C24H22BrClFN3O2. The van der Waals surface area contributed by atoms with Crippen molar-refractivity contribution in [1.82, 2.24) is 9.55 Å². The van der Waals surface area contributed by atoms with Crippen molar-refractivity contribution in [2.24, 2.45) is 5.92 Å². The van der Waals surface area contributed by atoms with Gasteiger partial charge in [-0.3, -0.25) is 4.79 Å². The number of imidazole rings is 1. The molecule has 5 nitrogen and oxygen atoms in total. The summed E-state index contributed by atoms with van der Waals surface area (Å²) in [4.78, 5) is 17.3. The van der Waals surface area contributed by atoms with Crippen LogP contribution in [0.25, 0.3) is 11.0 Å². The lowest BCUT2D eigenvalue weighted by Gasteiger charge is -2.14. The normalized spacial score (nSPS) is 13.4. The summed E-state index contributed by atoms with van der Waals surface area (Å²) in [6.45, 7) is 0.981. The summed E-state index contributed by atoms with van der Waals surface area (Å²) in [5, 5.41) is 9.29. The Balaban J connectivity index is 1.72. The molecule has 32 heavy (non-hydrogen) atoms. The molecule has 1 aliphatic carbocycles. The quantitative estimate of drug-likeness (QED) is 0.240. The van der Waals surface area contributed by atoms with Gasteiger partial charge in [-0.15, -0.1) is 0 Å². The smallest absolute Gasteiger partial charge is 0.188 e. The van der Waals surface area contributed by atoms with Crippen LogP contribution in [0.4, 0.5) is 4.39 Å². The molecule has 0 saturated heterocycles. The molecule has 3 aromatic rings. The van der Waals surface area contributed by atoms with Crippen molar-refractivity contribution >= 4 is 44.3 Å². The fourth-order valence-electron chi connectivity index (χ4n) is 3.66. The fourth-order valence-corrected chi connectivity index (χ4v) is 4.40. The zero-order valence-corrected chi connectivity index (χ0v) is 19.8. The number of ether oxygens (including phenoxy) is 1. The van der Waals surface area contributed by atoms with Gasteiger partial charge in [-0.25, -0.2) is 9.37 Å². The highest BCUT2D eigenvalue weighted by atomic mass is 79.9. The number of hydrogen-bond acceptors (Lipinski definition) is 4. The minimum absolute atomic E-state index is 0.0922. The molecule has 1 aromatic heterocycles. The Morgan fingerprint density at radius 3 is 2.91 bits per heavy atom. The van der Waals surface area contributed by atoms with Crippen molar-refractivity contribution < 1.29 is 13.9 Å². The number of Topliss-reactive ketones (excluding diaryl/α,β-unsaturated/α-hetero) is 1. The first kappa shape index (κ1) is 22.9. The van der Waals surface area contributed by atoms with Crippen molar-refractivity contribution in [3.8, 4) is 6.07 Å². The molecule has 0 N–H and O–H groups in total. The van der Waals surface area contributed by atoms with E-state index in [0.29, 0.717) is 42.5 Å². The van der Waals surface area contributed by atoms with Crippen molar-refractivity contribution in [3.05, 3.63) is 62.6 Å². The van der Waals surface area contributed by atoms with Crippen LogP contribution in [0, 0.1) is 23.1 Å². The molecule has 2 aromatic carbocycles. The average molecular weight is 519 g/mol. The average Bonchev–Trinajstić information content (AvgIpc) is 3.50. The summed E-state index contributed by atoms with van der Waals surface area (Å²) >= 11 is 9.75. The first-order chi connectivity index (χ1) is 15.5. The van der Waals surface area contributed by atoms with Gasteiger partial charge in [0.1, 0.15) is 12.1 Å². The van der Waals surface area contributed by atoms with E-state index in [1.54, 1.807) is 23.0 Å². The summed E-state index contributed by atoms with van der Waals surface area (Å²) in [5.41, 5.74) is 2.02. The van der Waals surface area contributed by atoms with Gasteiger partial charge >= 0.3 is 0 Å². The molecule has 1 saturated carbocycles. The summed E-state index contributed by atoms with van der Waals surface area (Å²) in [6.07, 6.45) is 4.99. The lowest BCUT2D eigenvalue weighted by atomic mass is 9.95. The summed E-state index contributed by atoms with van der Waals surface area (Å²) in [6, 6.07) is 9.20. The second-order valence-corrected chi connectivity index (χ2v) is 9.40. The minimum atomic E-state index is -0.522. The maximum absolute atomic E-state index is 15.7. The maximum atomic E-state index is 15.7. The summed E-state index contributed by atoms with van der Waals surface area (Å²) in [5.74, 6) is -0.254. The molecule has 1 aliphatic rings. The van der Waals surface area contributed by atoms with E-state index in [1.807, 2.05) is 12.1 Å². The Morgan fingerprint density at radius 1 is 1.38 bits per heavy atom. The number of aryl methyl sites for hydroxylation is 1. The van der Waals surface area contributed by atoms with Gasteiger partial charge in [0, 0.05) is 40.0 Å². The van der Waals surface area contributed by atoms with E-state index in [1.165, 1.54) is 0 Å². The molecule has 4 rings (SSSR count). The number of hydrogen-bond donors (Lipinski definition) is 0. The predicted molar refractivity (Wildman–Crippen MR) is 124 cm³/mol. The molecule has 8 heteroatoms. The molecule has 0 radical (unpaired) electrons. The van der Waals surface area contributed by atoms with Gasteiger partial charge in [-0.05, 0) is 48.9 Å². The Kier molecular flexibility index (Phi) is 7.24. The van der Waals surface area contributed by atoms with Crippen LogP contribution < -0.4 is 0 Å². The van der Waals surface area contributed by atoms with Crippen LogP contribution in [0.3, 0.4) is 0 Å². The van der Waals surface area contributed by atoms with Crippen LogP contribution >= 0.6 is 27.5 Å². The lowest BCUT2D eigenvalue weighted by Crippen LogP contribution is -2.15. The van der Waals surface area contributed by atoms with E-state index in [0.717, 1.165) is 22.9 Å². The first-order valence-corrected chi connectivity index (χ1v) is 11.7. The Morgan fingerprint density at radius 2 is 2.19 bits per heavy atom. The van der Waals surface area contributed by atoms with Crippen LogP contribution in [0.5, 0.6) is 0 Å². The van der Waals surface area contributed by atoms with Crippen LogP contribution in [-0.4, -0.2) is 28.5 Å². The third kappa shape index (κ3) is 5.20. The Bertz CT molecular complexity index is 1200. The number of fused-ring (bicyclic) bond motifs is 1. The van der Waals surface area contributed by atoms with Gasteiger partial charge in [0.2, 0.25) is 0 Å². The third-order valence-electron chi connectivity index (χ3n) is 5.61. The molecule has 1 fully saturated rings. The number of nitrogens with zero attached hydrogens (tertiary/aromatic N) is 3. The van der Waals surface area contributed by atoms with E-state index in [-0.39, 0.29) is 35.5 Å². The molecule has 1 heterocycles. The van der Waals surface area contributed by atoms with Crippen LogP contribution in [0.2, 0.25) is 5.02 Å². The van der Waals surface area contributed by atoms with Crippen LogP contribution in [-0.2, 0) is 17.7 Å². The second kappa shape index (κ2) is 10.1.